The quantitative estimate of drug-likeness (QED) is 0.390. The van der Waals surface area contributed by atoms with Crippen LogP contribution in [0.25, 0.3) is 0 Å². The Hall–Kier alpha value is -3.00. The maximum Gasteiger partial charge on any atom is 0.408 e. The van der Waals surface area contributed by atoms with Crippen molar-refractivity contribution >= 4 is 36.2 Å². The number of nitrogens with zero attached hydrogens (tertiary/aromatic N) is 1. The van der Waals surface area contributed by atoms with Gasteiger partial charge >= 0.3 is 6.09 Å². The third-order valence-electron chi connectivity index (χ3n) is 5.86. The van der Waals surface area contributed by atoms with Crippen LogP contribution >= 0.6 is 12.6 Å². The molecule has 3 amide bonds. The van der Waals surface area contributed by atoms with E-state index in [-0.39, 0.29) is 17.7 Å². The van der Waals surface area contributed by atoms with Gasteiger partial charge < -0.3 is 20.3 Å². The molecular formula is C28H39N3O4S. The second-order valence-corrected chi connectivity index (χ2v) is 10.3. The van der Waals surface area contributed by atoms with E-state index >= 15 is 0 Å². The average Bonchev–Trinajstić information content (AvgIpc) is 2.81. The zero-order chi connectivity index (χ0) is 27.0. The van der Waals surface area contributed by atoms with Crippen molar-refractivity contribution in [2.45, 2.75) is 78.6 Å². The summed E-state index contributed by atoms with van der Waals surface area (Å²) in [6.45, 7) is 13.0. The topological polar surface area (TPSA) is 87.7 Å². The predicted molar refractivity (Wildman–Crippen MR) is 147 cm³/mol. The Morgan fingerprint density at radius 2 is 1.58 bits per heavy atom. The number of aryl methyl sites for hydroxylation is 2. The molecule has 2 rings (SSSR count). The van der Waals surface area contributed by atoms with E-state index in [4.69, 9.17) is 4.74 Å². The molecule has 0 aliphatic heterocycles. The van der Waals surface area contributed by atoms with E-state index in [0.717, 1.165) is 16.8 Å². The minimum Gasteiger partial charge on any atom is -0.444 e. The lowest BCUT2D eigenvalue weighted by Gasteiger charge is -2.38. The van der Waals surface area contributed by atoms with Gasteiger partial charge in [-0.15, -0.1) is 0 Å². The number of thiol groups is 1. The summed E-state index contributed by atoms with van der Waals surface area (Å²) in [5.74, 6) is -0.691. The molecule has 3 atom stereocenters. The Morgan fingerprint density at radius 3 is 2.08 bits per heavy atom. The van der Waals surface area contributed by atoms with Gasteiger partial charge in [-0.1, -0.05) is 55.5 Å². The van der Waals surface area contributed by atoms with Gasteiger partial charge in [0.15, 0.2) is 0 Å². The highest BCUT2D eigenvalue weighted by molar-refractivity contribution is 7.80. The molecule has 0 spiro atoms. The Morgan fingerprint density at radius 1 is 1.00 bits per heavy atom. The van der Waals surface area contributed by atoms with E-state index in [1.807, 2.05) is 76.2 Å². The minimum atomic E-state index is -0.976. The fourth-order valence-electron chi connectivity index (χ4n) is 3.89. The third-order valence-corrected chi connectivity index (χ3v) is 6.23. The summed E-state index contributed by atoms with van der Waals surface area (Å²) in [5, 5.41) is 5.69. The van der Waals surface area contributed by atoms with Crippen molar-refractivity contribution in [1.29, 1.82) is 0 Å². The Bertz CT molecular complexity index is 1030. The van der Waals surface area contributed by atoms with E-state index in [1.165, 1.54) is 0 Å². The van der Waals surface area contributed by atoms with Gasteiger partial charge in [0, 0.05) is 17.5 Å². The standard InChI is InChI=1S/C28H39N3O4S/c1-8-20(4)31(26(33)22(17-36)29-27(34)35-28(5,6)7)24(21-15-10-9-11-16-21)25(32)30-23-18(2)13-12-14-19(23)3/h9-16,20,22,24,36H,8,17H2,1-7H3,(H,29,34)(H,30,32). The number of alkyl carbamates (subject to hydrolysis) is 1. The van der Waals surface area contributed by atoms with Gasteiger partial charge in [-0.3, -0.25) is 9.59 Å². The molecule has 0 aromatic heterocycles. The van der Waals surface area contributed by atoms with Crippen LogP contribution < -0.4 is 10.6 Å². The van der Waals surface area contributed by atoms with Crippen LogP contribution in [0.2, 0.25) is 0 Å². The number of carbonyl (C=O) groups excluding carboxylic acids is 3. The SMILES string of the molecule is CCC(C)N(C(=O)C(CS)NC(=O)OC(C)(C)C)C(C(=O)Nc1c(C)cccc1C)c1ccccc1. The molecular weight excluding hydrogens is 474 g/mol. The normalized spacial score (nSPS) is 13.8. The van der Waals surface area contributed by atoms with Crippen LogP contribution in [0.5, 0.6) is 0 Å². The molecule has 0 aliphatic rings. The fraction of sp³-hybridized carbons (Fsp3) is 0.464. The fourth-order valence-corrected chi connectivity index (χ4v) is 4.14. The summed E-state index contributed by atoms with van der Waals surface area (Å²) >= 11 is 4.33. The molecule has 0 heterocycles. The smallest absolute Gasteiger partial charge is 0.408 e. The van der Waals surface area contributed by atoms with Crippen LogP contribution in [-0.4, -0.2) is 46.2 Å². The van der Waals surface area contributed by atoms with Crippen molar-refractivity contribution in [1.82, 2.24) is 10.2 Å². The number of nitrogens with one attached hydrogen (secondary N) is 2. The minimum absolute atomic E-state index is 0.0467. The number of benzene rings is 2. The number of para-hydroxylation sites is 1. The van der Waals surface area contributed by atoms with Gasteiger partial charge in [0.25, 0.3) is 5.91 Å². The van der Waals surface area contributed by atoms with Crippen molar-refractivity contribution < 1.29 is 19.1 Å². The lowest BCUT2D eigenvalue weighted by molar-refractivity contribution is -0.142. The first kappa shape index (κ1) is 29.2. The molecule has 2 N–H and O–H groups in total. The maximum atomic E-state index is 13.9. The average molecular weight is 514 g/mol. The summed E-state index contributed by atoms with van der Waals surface area (Å²) in [6, 6.07) is 12.8. The van der Waals surface area contributed by atoms with Crippen LogP contribution in [0.1, 0.15) is 63.8 Å². The van der Waals surface area contributed by atoms with Crippen molar-refractivity contribution in [3.8, 4) is 0 Å². The number of hydrogen-bond acceptors (Lipinski definition) is 5. The van der Waals surface area contributed by atoms with Gasteiger partial charge in [0.2, 0.25) is 5.91 Å². The Labute approximate surface area is 220 Å². The van der Waals surface area contributed by atoms with Crippen molar-refractivity contribution in [2.24, 2.45) is 0 Å². The van der Waals surface area contributed by atoms with Crippen LogP contribution in [0, 0.1) is 13.8 Å². The first-order valence-electron chi connectivity index (χ1n) is 12.2. The largest absolute Gasteiger partial charge is 0.444 e. The number of ether oxygens (including phenoxy) is 1. The number of rotatable bonds is 9. The molecule has 36 heavy (non-hydrogen) atoms. The second kappa shape index (κ2) is 12.8. The van der Waals surface area contributed by atoms with Gasteiger partial charge in [0.05, 0.1) is 0 Å². The Balaban J connectivity index is 2.50. The van der Waals surface area contributed by atoms with Crippen molar-refractivity contribution in [2.75, 3.05) is 11.1 Å². The summed E-state index contributed by atoms with van der Waals surface area (Å²) in [7, 11) is 0. The molecule has 0 saturated heterocycles. The molecule has 2 aromatic carbocycles. The molecule has 0 saturated carbocycles. The molecule has 0 aliphatic carbocycles. The first-order valence-corrected chi connectivity index (χ1v) is 12.9. The summed E-state index contributed by atoms with van der Waals surface area (Å²) < 4.78 is 5.35. The zero-order valence-electron chi connectivity index (χ0n) is 22.3. The van der Waals surface area contributed by atoms with Crippen LogP contribution in [0.4, 0.5) is 10.5 Å². The predicted octanol–water partition coefficient (Wildman–Crippen LogP) is 5.43. The third kappa shape index (κ3) is 7.75. The first-order chi connectivity index (χ1) is 16.9. The van der Waals surface area contributed by atoms with Gasteiger partial charge in [0.1, 0.15) is 17.7 Å². The number of carbonyl (C=O) groups is 3. The van der Waals surface area contributed by atoms with E-state index in [2.05, 4.69) is 23.3 Å². The monoisotopic (exact) mass is 513 g/mol. The summed E-state index contributed by atoms with van der Waals surface area (Å²) in [6.07, 6.45) is -0.104. The van der Waals surface area contributed by atoms with Crippen LogP contribution in [-0.2, 0) is 14.3 Å². The lowest BCUT2D eigenvalue weighted by Crippen LogP contribution is -2.55. The summed E-state index contributed by atoms with van der Waals surface area (Å²) in [4.78, 5) is 41.8. The molecule has 7 nitrogen and oxygen atoms in total. The number of anilines is 1. The zero-order valence-corrected chi connectivity index (χ0v) is 23.2. The number of hydrogen-bond donors (Lipinski definition) is 3. The molecule has 196 valence electrons. The number of amides is 3. The highest BCUT2D eigenvalue weighted by Gasteiger charge is 2.38. The van der Waals surface area contributed by atoms with E-state index in [0.29, 0.717) is 12.0 Å². The van der Waals surface area contributed by atoms with E-state index < -0.39 is 29.7 Å². The highest BCUT2D eigenvalue weighted by Crippen LogP contribution is 2.29. The molecule has 8 heteroatoms. The highest BCUT2D eigenvalue weighted by atomic mass is 32.1. The maximum absolute atomic E-state index is 13.9. The van der Waals surface area contributed by atoms with E-state index in [9.17, 15) is 14.4 Å². The Kier molecular flexibility index (Phi) is 10.4. The van der Waals surface area contributed by atoms with Crippen LogP contribution in [0.3, 0.4) is 0 Å². The molecule has 3 unspecified atom stereocenters. The van der Waals surface area contributed by atoms with E-state index in [1.54, 1.807) is 25.7 Å². The van der Waals surface area contributed by atoms with Crippen LogP contribution in [0.15, 0.2) is 48.5 Å². The molecule has 0 bridgehead atoms. The molecule has 0 fully saturated rings. The van der Waals surface area contributed by atoms with Gasteiger partial charge in [-0.25, -0.2) is 4.79 Å². The molecule has 2 aromatic rings. The second-order valence-electron chi connectivity index (χ2n) is 9.95. The van der Waals surface area contributed by atoms with Gasteiger partial charge in [-0.2, -0.15) is 12.6 Å². The lowest BCUT2D eigenvalue weighted by atomic mass is 9.99. The van der Waals surface area contributed by atoms with Gasteiger partial charge in [-0.05, 0) is 64.7 Å². The van der Waals surface area contributed by atoms with Crippen molar-refractivity contribution in [3.63, 3.8) is 0 Å². The van der Waals surface area contributed by atoms with Crippen molar-refractivity contribution in [3.05, 3.63) is 65.2 Å². The summed E-state index contributed by atoms with van der Waals surface area (Å²) in [5.41, 5.74) is 2.53. The molecule has 0 radical (unpaired) electrons.